The zero-order chi connectivity index (χ0) is 14.4. The molecule has 0 aromatic heterocycles. The summed E-state index contributed by atoms with van der Waals surface area (Å²) < 4.78 is 4.80. The molecule has 0 bridgehead atoms. The van der Waals surface area contributed by atoms with Crippen molar-refractivity contribution in [2.75, 3.05) is 31.7 Å². The van der Waals surface area contributed by atoms with Crippen LogP contribution in [0.3, 0.4) is 0 Å². The molecule has 1 amide bonds. The van der Waals surface area contributed by atoms with E-state index in [1.165, 1.54) is 4.90 Å². The average molecular weight is 265 g/mol. The van der Waals surface area contributed by atoms with Crippen LogP contribution in [0.1, 0.15) is 23.7 Å². The molecule has 6 heteroatoms. The lowest BCUT2D eigenvalue weighted by Crippen LogP contribution is -2.29. The third-order valence-corrected chi connectivity index (χ3v) is 2.53. The van der Waals surface area contributed by atoms with Crippen molar-refractivity contribution in [2.45, 2.75) is 13.3 Å². The lowest BCUT2D eigenvalue weighted by atomic mass is 10.1. The van der Waals surface area contributed by atoms with Gasteiger partial charge in [0, 0.05) is 30.5 Å². The van der Waals surface area contributed by atoms with E-state index >= 15 is 0 Å². The van der Waals surface area contributed by atoms with Crippen LogP contribution in [-0.2, 0) is 9.53 Å². The molecular formula is C13H19N3O3. The number of esters is 1. The Kier molecular flexibility index (Phi) is 5.17. The normalized spacial score (nSPS) is 10.0. The van der Waals surface area contributed by atoms with Gasteiger partial charge in [-0.1, -0.05) is 0 Å². The molecule has 104 valence electrons. The van der Waals surface area contributed by atoms with E-state index in [1.54, 1.807) is 32.2 Å². The molecule has 0 saturated carbocycles. The largest absolute Gasteiger partial charge is 0.466 e. The zero-order valence-corrected chi connectivity index (χ0v) is 11.2. The molecule has 1 aromatic carbocycles. The van der Waals surface area contributed by atoms with Crippen LogP contribution in [0.5, 0.6) is 0 Å². The topological polar surface area (TPSA) is 98.6 Å². The number of nitrogens with zero attached hydrogens (tertiary/aromatic N) is 1. The fraction of sp³-hybridized carbons (Fsp3) is 0.385. The second-order valence-corrected chi connectivity index (χ2v) is 4.17. The number of rotatable bonds is 5. The predicted molar refractivity (Wildman–Crippen MR) is 73.5 cm³/mol. The van der Waals surface area contributed by atoms with E-state index in [1.807, 2.05) is 0 Å². The van der Waals surface area contributed by atoms with Crippen molar-refractivity contribution in [3.63, 3.8) is 0 Å². The number of nitrogens with two attached hydrogens (primary N) is 2. The summed E-state index contributed by atoms with van der Waals surface area (Å²) in [6, 6.07) is 4.69. The number of carbonyl (C=O) groups is 2. The van der Waals surface area contributed by atoms with Gasteiger partial charge in [-0.05, 0) is 25.1 Å². The molecule has 19 heavy (non-hydrogen) atoms. The van der Waals surface area contributed by atoms with Crippen LogP contribution in [0, 0.1) is 0 Å². The minimum Gasteiger partial charge on any atom is -0.466 e. The number of hydrogen-bond donors (Lipinski definition) is 2. The van der Waals surface area contributed by atoms with E-state index in [0.717, 1.165) is 0 Å². The first-order valence-electron chi connectivity index (χ1n) is 6.01. The zero-order valence-electron chi connectivity index (χ0n) is 11.2. The molecule has 0 saturated heterocycles. The highest BCUT2D eigenvalue weighted by Gasteiger charge is 2.14. The summed E-state index contributed by atoms with van der Waals surface area (Å²) in [7, 11) is 1.61. The lowest BCUT2D eigenvalue weighted by molar-refractivity contribution is -0.143. The van der Waals surface area contributed by atoms with E-state index < -0.39 is 0 Å². The number of nitrogen functional groups attached to an aromatic ring is 2. The Bertz CT molecular complexity index is 454. The highest BCUT2D eigenvalue weighted by Crippen LogP contribution is 2.15. The Morgan fingerprint density at radius 2 is 1.79 bits per heavy atom. The monoisotopic (exact) mass is 265 g/mol. The third kappa shape index (κ3) is 4.50. The van der Waals surface area contributed by atoms with Crippen LogP contribution in [0.15, 0.2) is 18.2 Å². The molecule has 6 nitrogen and oxygen atoms in total. The van der Waals surface area contributed by atoms with Gasteiger partial charge in [0.2, 0.25) is 0 Å². The average Bonchev–Trinajstić information content (AvgIpc) is 2.34. The highest BCUT2D eigenvalue weighted by molar-refractivity contribution is 5.96. The summed E-state index contributed by atoms with van der Waals surface area (Å²) in [5, 5.41) is 0. The van der Waals surface area contributed by atoms with Gasteiger partial charge in [-0.15, -0.1) is 0 Å². The van der Waals surface area contributed by atoms with Crippen LogP contribution in [0.25, 0.3) is 0 Å². The first-order chi connectivity index (χ1) is 8.93. The van der Waals surface area contributed by atoms with Gasteiger partial charge in [0.25, 0.3) is 5.91 Å². The van der Waals surface area contributed by atoms with Crippen LogP contribution in [0.2, 0.25) is 0 Å². The van der Waals surface area contributed by atoms with Crippen molar-refractivity contribution in [1.82, 2.24) is 4.90 Å². The number of anilines is 2. The Labute approximate surface area is 112 Å². The highest BCUT2D eigenvalue weighted by atomic mass is 16.5. The molecule has 0 fully saturated rings. The van der Waals surface area contributed by atoms with Crippen molar-refractivity contribution in [2.24, 2.45) is 0 Å². The van der Waals surface area contributed by atoms with Crippen molar-refractivity contribution < 1.29 is 14.3 Å². The molecule has 0 spiro atoms. The van der Waals surface area contributed by atoms with Gasteiger partial charge >= 0.3 is 5.97 Å². The molecule has 0 aliphatic heterocycles. The summed E-state index contributed by atoms with van der Waals surface area (Å²) in [6.07, 6.45) is 0.161. The molecule has 0 heterocycles. The van der Waals surface area contributed by atoms with Crippen LogP contribution < -0.4 is 11.5 Å². The van der Waals surface area contributed by atoms with Gasteiger partial charge in [0.1, 0.15) is 0 Å². The number of hydrogen-bond acceptors (Lipinski definition) is 5. The maximum Gasteiger partial charge on any atom is 0.307 e. The SMILES string of the molecule is CCOC(=O)CCN(C)C(=O)c1cc(N)cc(N)c1. The molecule has 0 aliphatic carbocycles. The smallest absolute Gasteiger partial charge is 0.307 e. The van der Waals surface area contributed by atoms with Crippen molar-refractivity contribution in [1.29, 1.82) is 0 Å². The minimum atomic E-state index is -0.325. The fourth-order valence-electron chi connectivity index (χ4n) is 1.61. The summed E-state index contributed by atoms with van der Waals surface area (Å²) >= 11 is 0. The number of ether oxygens (including phenoxy) is 1. The Morgan fingerprint density at radius 3 is 2.32 bits per heavy atom. The minimum absolute atomic E-state index is 0.161. The molecule has 4 N–H and O–H groups in total. The Hall–Kier alpha value is -2.24. The summed E-state index contributed by atoms with van der Waals surface area (Å²) in [6.45, 7) is 2.36. The number of amides is 1. The van der Waals surface area contributed by atoms with Crippen LogP contribution in [-0.4, -0.2) is 37.0 Å². The van der Waals surface area contributed by atoms with Gasteiger partial charge < -0.3 is 21.1 Å². The predicted octanol–water partition coefficient (Wildman–Crippen LogP) is 0.876. The van der Waals surface area contributed by atoms with Crippen molar-refractivity contribution in [3.8, 4) is 0 Å². The Balaban J connectivity index is 2.63. The molecule has 0 aliphatic rings. The van der Waals surface area contributed by atoms with Gasteiger partial charge in [-0.3, -0.25) is 9.59 Å². The van der Waals surface area contributed by atoms with E-state index in [-0.39, 0.29) is 24.8 Å². The summed E-state index contributed by atoms with van der Waals surface area (Å²) in [4.78, 5) is 24.7. The third-order valence-electron chi connectivity index (χ3n) is 2.53. The van der Waals surface area contributed by atoms with E-state index in [9.17, 15) is 9.59 Å². The molecular weight excluding hydrogens is 246 g/mol. The molecule has 1 aromatic rings. The van der Waals surface area contributed by atoms with Crippen LogP contribution in [0.4, 0.5) is 11.4 Å². The number of benzene rings is 1. The lowest BCUT2D eigenvalue weighted by Gasteiger charge is -2.17. The second kappa shape index (κ2) is 6.63. The van der Waals surface area contributed by atoms with Crippen molar-refractivity contribution >= 4 is 23.3 Å². The van der Waals surface area contributed by atoms with Gasteiger partial charge in [0.15, 0.2) is 0 Å². The van der Waals surface area contributed by atoms with E-state index in [2.05, 4.69) is 0 Å². The quantitative estimate of drug-likeness (QED) is 0.608. The van der Waals surface area contributed by atoms with Crippen molar-refractivity contribution in [3.05, 3.63) is 23.8 Å². The summed E-state index contributed by atoms with van der Waals surface area (Å²) in [5.41, 5.74) is 12.5. The first kappa shape index (κ1) is 14.8. The van der Waals surface area contributed by atoms with Crippen LogP contribution >= 0.6 is 0 Å². The number of carbonyl (C=O) groups excluding carboxylic acids is 2. The van der Waals surface area contributed by atoms with Gasteiger partial charge in [-0.2, -0.15) is 0 Å². The van der Waals surface area contributed by atoms with Gasteiger partial charge in [-0.25, -0.2) is 0 Å². The fourth-order valence-corrected chi connectivity index (χ4v) is 1.61. The Morgan fingerprint density at radius 1 is 1.21 bits per heavy atom. The first-order valence-corrected chi connectivity index (χ1v) is 6.01. The molecule has 0 radical (unpaired) electrons. The summed E-state index contributed by atoms with van der Waals surface area (Å²) in [5.74, 6) is -0.558. The standard InChI is InChI=1S/C13H19N3O3/c1-3-19-12(17)4-5-16(2)13(18)9-6-10(14)8-11(15)7-9/h6-8H,3-5,14-15H2,1-2H3. The van der Waals surface area contributed by atoms with E-state index in [4.69, 9.17) is 16.2 Å². The molecule has 0 atom stereocenters. The second-order valence-electron chi connectivity index (χ2n) is 4.17. The molecule has 0 unspecified atom stereocenters. The molecule has 1 rings (SSSR count). The maximum absolute atomic E-state index is 12.1. The van der Waals surface area contributed by atoms with Gasteiger partial charge in [0.05, 0.1) is 13.0 Å². The maximum atomic E-state index is 12.1. The van der Waals surface area contributed by atoms with E-state index in [0.29, 0.717) is 23.5 Å².